The third kappa shape index (κ3) is 3.03. The molecule has 6 nitrogen and oxygen atoms in total. The Kier molecular flexibility index (Phi) is 4.43. The van der Waals surface area contributed by atoms with E-state index in [0.29, 0.717) is 23.6 Å². The first kappa shape index (κ1) is 17.1. The van der Waals surface area contributed by atoms with Crippen LogP contribution in [0.25, 0.3) is 9.88 Å². The number of hydrogen-bond donors (Lipinski definition) is 0. The number of aryl methyl sites for hydroxylation is 1. The van der Waals surface area contributed by atoms with Crippen molar-refractivity contribution in [1.29, 1.82) is 0 Å². The number of thiazole rings is 1. The normalized spacial score (nSPS) is 25.6. The van der Waals surface area contributed by atoms with Gasteiger partial charge in [0.15, 0.2) is 9.84 Å². The maximum atomic E-state index is 13.1. The Morgan fingerprint density at radius 1 is 1.44 bits per heavy atom. The summed E-state index contributed by atoms with van der Waals surface area (Å²) in [6.07, 6.45) is 0.561. The van der Waals surface area contributed by atoms with E-state index < -0.39 is 15.1 Å². The van der Waals surface area contributed by atoms with E-state index >= 15 is 0 Å². The number of nitrogens with zero attached hydrogens (tertiary/aromatic N) is 2. The summed E-state index contributed by atoms with van der Waals surface area (Å²) in [5.74, 6) is -0.108. The van der Waals surface area contributed by atoms with Gasteiger partial charge in [-0.05, 0) is 24.8 Å². The van der Waals surface area contributed by atoms with Crippen LogP contribution in [0, 0.1) is 6.92 Å². The number of carbonyl (C=O) groups excluding carboxylic acids is 1. The summed E-state index contributed by atoms with van der Waals surface area (Å²) < 4.78 is 30.0. The number of fused-ring (bicyclic) bond motifs is 1. The highest BCUT2D eigenvalue weighted by Crippen LogP contribution is 2.34. The molecule has 2 aliphatic heterocycles. The average molecular weight is 399 g/mol. The topological polar surface area (TPSA) is 76.6 Å². The van der Waals surface area contributed by atoms with Crippen LogP contribution in [-0.4, -0.2) is 61.0 Å². The SMILES string of the molecule is Cc1nc(-c2cccs2)sc1C(=O)N1CCS(=O)(=O)C2COCCC21. The smallest absolute Gasteiger partial charge is 0.266 e. The van der Waals surface area contributed by atoms with Crippen LogP contribution < -0.4 is 0 Å². The highest BCUT2D eigenvalue weighted by atomic mass is 32.2. The number of sulfone groups is 1. The summed E-state index contributed by atoms with van der Waals surface area (Å²) in [6, 6.07) is 3.64. The van der Waals surface area contributed by atoms with Gasteiger partial charge in [-0.25, -0.2) is 13.4 Å². The number of aromatic nitrogens is 1. The van der Waals surface area contributed by atoms with Crippen LogP contribution in [0.5, 0.6) is 0 Å². The summed E-state index contributed by atoms with van der Waals surface area (Å²) in [6.45, 7) is 2.75. The molecule has 2 unspecified atom stereocenters. The zero-order valence-corrected chi connectivity index (χ0v) is 16.1. The van der Waals surface area contributed by atoms with Gasteiger partial charge in [0.2, 0.25) is 0 Å². The second-order valence-corrected chi connectivity index (χ2v) is 10.5. The highest BCUT2D eigenvalue weighted by molar-refractivity contribution is 7.92. The molecule has 2 aliphatic rings. The van der Waals surface area contributed by atoms with Gasteiger partial charge in [0.25, 0.3) is 5.91 Å². The van der Waals surface area contributed by atoms with Gasteiger partial charge in [0.1, 0.15) is 15.1 Å². The van der Waals surface area contributed by atoms with Crippen molar-refractivity contribution < 1.29 is 17.9 Å². The second kappa shape index (κ2) is 6.46. The molecule has 0 radical (unpaired) electrons. The molecule has 2 fully saturated rings. The lowest BCUT2D eigenvalue weighted by molar-refractivity contribution is 0.0296. The minimum absolute atomic E-state index is 0.00109. The van der Waals surface area contributed by atoms with E-state index in [2.05, 4.69) is 4.98 Å². The van der Waals surface area contributed by atoms with Crippen LogP contribution in [0.4, 0.5) is 0 Å². The molecule has 0 saturated carbocycles. The van der Waals surface area contributed by atoms with Crippen molar-refractivity contribution in [2.24, 2.45) is 0 Å². The van der Waals surface area contributed by atoms with Crippen molar-refractivity contribution in [3.63, 3.8) is 0 Å². The quantitative estimate of drug-likeness (QED) is 0.775. The minimum Gasteiger partial charge on any atom is -0.380 e. The van der Waals surface area contributed by atoms with Crippen molar-refractivity contribution in [3.8, 4) is 9.88 Å². The Balaban J connectivity index is 1.65. The number of hydrogen-bond acceptors (Lipinski definition) is 7. The monoisotopic (exact) mass is 398 g/mol. The molecule has 25 heavy (non-hydrogen) atoms. The Labute approximate surface area is 154 Å². The first-order valence-corrected chi connectivity index (χ1v) is 11.5. The van der Waals surface area contributed by atoms with E-state index in [1.807, 2.05) is 24.4 Å². The summed E-state index contributed by atoms with van der Waals surface area (Å²) in [5, 5.41) is 2.21. The maximum absolute atomic E-state index is 13.1. The molecule has 2 saturated heterocycles. The van der Waals surface area contributed by atoms with Gasteiger partial charge < -0.3 is 9.64 Å². The van der Waals surface area contributed by atoms with Gasteiger partial charge in [-0.1, -0.05) is 6.07 Å². The van der Waals surface area contributed by atoms with E-state index in [9.17, 15) is 13.2 Å². The molecular weight excluding hydrogens is 380 g/mol. The number of rotatable bonds is 2. The molecule has 1 amide bonds. The Morgan fingerprint density at radius 3 is 3.04 bits per heavy atom. The minimum atomic E-state index is -3.20. The molecule has 2 aromatic heterocycles. The van der Waals surface area contributed by atoms with E-state index in [0.717, 1.165) is 9.88 Å². The van der Waals surface area contributed by atoms with Crippen molar-refractivity contribution in [3.05, 3.63) is 28.1 Å². The molecule has 9 heteroatoms. The number of thiophene rings is 1. The lowest BCUT2D eigenvalue weighted by Gasteiger charge is -2.43. The van der Waals surface area contributed by atoms with Crippen LogP contribution in [0.15, 0.2) is 17.5 Å². The summed E-state index contributed by atoms with van der Waals surface area (Å²) in [7, 11) is -3.20. The van der Waals surface area contributed by atoms with Crippen LogP contribution in [0.1, 0.15) is 21.8 Å². The fraction of sp³-hybridized carbons (Fsp3) is 0.500. The Hall–Kier alpha value is -1.29. The van der Waals surface area contributed by atoms with Crippen LogP contribution in [0.3, 0.4) is 0 Å². The zero-order chi connectivity index (χ0) is 17.6. The van der Waals surface area contributed by atoms with Crippen LogP contribution >= 0.6 is 22.7 Å². The van der Waals surface area contributed by atoms with Gasteiger partial charge in [-0.15, -0.1) is 22.7 Å². The van der Waals surface area contributed by atoms with E-state index in [1.165, 1.54) is 11.3 Å². The Bertz CT molecular complexity index is 889. The molecule has 0 bridgehead atoms. The van der Waals surface area contributed by atoms with Crippen molar-refractivity contribution >= 4 is 38.4 Å². The highest BCUT2D eigenvalue weighted by Gasteiger charge is 2.45. The number of ether oxygens (including phenoxy) is 1. The largest absolute Gasteiger partial charge is 0.380 e. The third-order valence-electron chi connectivity index (χ3n) is 4.73. The van der Waals surface area contributed by atoms with Crippen molar-refractivity contribution in [2.45, 2.75) is 24.6 Å². The second-order valence-electron chi connectivity index (χ2n) is 6.25. The first-order valence-electron chi connectivity index (χ1n) is 8.09. The summed E-state index contributed by atoms with van der Waals surface area (Å²) in [4.78, 5) is 21.0. The zero-order valence-electron chi connectivity index (χ0n) is 13.7. The van der Waals surface area contributed by atoms with Crippen molar-refractivity contribution in [1.82, 2.24) is 9.88 Å². The van der Waals surface area contributed by atoms with E-state index in [-0.39, 0.29) is 30.9 Å². The molecule has 4 rings (SSSR count). The van der Waals surface area contributed by atoms with Crippen molar-refractivity contribution in [2.75, 3.05) is 25.5 Å². The standard InChI is InChI=1S/C16H18N2O4S3/c1-10-14(24-15(17-10)12-3-2-7-23-12)16(19)18-5-8-25(20,21)13-9-22-6-4-11(13)18/h2-3,7,11,13H,4-6,8-9H2,1H3. The number of carbonyl (C=O) groups is 1. The maximum Gasteiger partial charge on any atom is 0.266 e. The Morgan fingerprint density at radius 2 is 2.28 bits per heavy atom. The van der Waals surface area contributed by atoms with E-state index in [4.69, 9.17) is 4.74 Å². The molecule has 4 heterocycles. The lowest BCUT2D eigenvalue weighted by Crippen LogP contribution is -2.60. The summed E-state index contributed by atoms with van der Waals surface area (Å²) >= 11 is 2.98. The lowest BCUT2D eigenvalue weighted by atomic mass is 10.1. The fourth-order valence-corrected chi connectivity index (χ4v) is 7.06. The predicted molar refractivity (Wildman–Crippen MR) is 98.0 cm³/mol. The van der Waals surface area contributed by atoms with E-state index in [1.54, 1.807) is 16.2 Å². The van der Waals surface area contributed by atoms with Gasteiger partial charge in [-0.2, -0.15) is 0 Å². The molecule has 2 aromatic rings. The first-order chi connectivity index (χ1) is 12.0. The summed E-state index contributed by atoms with van der Waals surface area (Å²) in [5.41, 5.74) is 0.704. The van der Waals surface area contributed by atoms with Crippen LogP contribution in [0.2, 0.25) is 0 Å². The molecular formula is C16H18N2O4S3. The van der Waals surface area contributed by atoms with Gasteiger partial charge in [-0.3, -0.25) is 4.79 Å². The fourth-order valence-electron chi connectivity index (χ4n) is 3.43. The number of amides is 1. The molecule has 0 spiro atoms. The van der Waals surface area contributed by atoms with Gasteiger partial charge in [0.05, 0.1) is 29.0 Å². The average Bonchev–Trinajstić information content (AvgIpc) is 3.24. The molecule has 0 N–H and O–H groups in total. The molecule has 2 atom stereocenters. The molecule has 134 valence electrons. The predicted octanol–water partition coefficient (Wildman–Crippen LogP) is 2.21. The molecule has 0 aromatic carbocycles. The molecule has 0 aliphatic carbocycles. The van der Waals surface area contributed by atoms with Gasteiger partial charge in [0, 0.05) is 13.2 Å². The van der Waals surface area contributed by atoms with Crippen LogP contribution in [-0.2, 0) is 14.6 Å². The van der Waals surface area contributed by atoms with Gasteiger partial charge >= 0.3 is 0 Å². The third-order valence-corrected chi connectivity index (χ3v) is 9.04.